The first-order valence-corrected chi connectivity index (χ1v) is 7.85. The quantitative estimate of drug-likeness (QED) is 0.848. The normalized spacial score (nSPS) is 12.9. The Balaban J connectivity index is 2.01. The highest BCUT2D eigenvalue weighted by molar-refractivity contribution is 5.28. The van der Waals surface area contributed by atoms with Crippen LogP contribution in [0.2, 0.25) is 0 Å². The van der Waals surface area contributed by atoms with Crippen molar-refractivity contribution in [3.63, 3.8) is 0 Å². The zero-order chi connectivity index (χ0) is 15.6. The monoisotopic (exact) mass is 284 g/mol. The molecule has 1 heterocycles. The molecule has 2 aromatic rings. The summed E-state index contributed by atoms with van der Waals surface area (Å²) >= 11 is 0. The largest absolute Gasteiger partial charge is 0.352 e. The van der Waals surface area contributed by atoms with Gasteiger partial charge in [-0.05, 0) is 49.4 Å². The van der Waals surface area contributed by atoms with Gasteiger partial charge in [-0.2, -0.15) is 0 Å². The van der Waals surface area contributed by atoms with Crippen molar-refractivity contribution in [1.82, 2.24) is 9.88 Å². The van der Waals surface area contributed by atoms with Crippen LogP contribution in [0, 0.1) is 13.8 Å². The fourth-order valence-corrected chi connectivity index (χ4v) is 2.66. The second kappa shape index (κ2) is 6.48. The molecule has 2 rings (SSSR count). The molecule has 0 radical (unpaired) electrons. The van der Waals surface area contributed by atoms with E-state index in [1.807, 2.05) is 0 Å². The summed E-state index contributed by atoms with van der Waals surface area (Å²) in [4.78, 5) is 0. The van der Waals surface area contributed by atoms with Gasteiger partial charge in [-0.1, -0.05) is 38.1 Å². The van der Waals surface area contributed by atoms with Gasteiger partial charge in [0.25, 0.3) is 0 Å². The fraction of sp³-hybridized carbons (Fsp3) is 0.474. The van der Waals surface area contributed by atoms with Gasteiger partial charge in [0.1, 0.15) is 0 Å². The van der Waals surface area contributed by atoms with Crippen LogP contribution >= 0.6 is 0 Å². The molecule has 114 valence electrons. The molecule has 0 aliphatic rings. The Bertz CT molecular complexity index is 591. The van der Waals surface area contributed by atoms with E-state index in [-0.39, 0.29) is 0 Å². The minimum absolute atomic E-state index is 0.367. The van der Waals surface area contributed by atoms with Gasteiger partial charge in [0, 0.05) is 31.0 Å². The number of benzene rings is 1. The van der Waals surface area contributed by atoms with Crippen molar-refractivity contribution in [2.24, 2.45) is 7.05 Å². The van der Waals surface area contributed by atoms with E-state index in [2.05, 4.69) is 81.9 Å². The summed E-state index contributed by atoms with van der Waals surface area (Å²) in [5, 5.41) is 3.63. The van der Waals surface area contributed by atoms with Crippen LogP contribution < -0.4 is 5.32 Å². The number of nitrogens with one attached hydrogen (secondary N) is 1. The van der Waals surface area contributed by atoms with Gasteiger partial charge in [-0.25, -0.2) is 0 Å². The van der Waals surface area contributed by atoms with Gasteiger partial charge in [0.05, 0.1) is 0 Å². The smallest absolute Gasteiger partial charge is 0.0294 e. The first kappa shape index (κ1) is 15.8. The molecule has 1 aromatic carbocycles. The van der Waals surface area contributed by atoms with Gasteiger partial charge in [-0.15, -0.1) is 0 Å². The third-order valence-corrected chi connectivity index (χ3v) is 4.58. The van der Waals surface area contributed by atoms with Crippen LogP contribution in [0.1, 0.15) is 60.8 Å². The Hall–Kier alpha value is -1.54. The van der Waals surface area contributed by atoms with Crippen molar-refractivity contribution in [3.05, 3.63) is 58.4 Å². The van der Waals surface area contributed by atoms with Gasteiger partial charge in [0.2, 0.25) is 0 Å². The maximum Gasteiger partial charge on any atom is 0.0294 e. The Morgan fingerprint density at radius 1 is 1.00 bits per heavy atom. The number of aromatic nitrogens is 1. The van der Waals surface area contributed by atoms with E-state index in [0.717, 1.165) is 6.54 Å². The Morgan fingerprint density at radius 2 is 1.57 bits per heavy atom. The highest BCUT2D eigenvalue weighted by atomic mass is 15.0. The van der Waals surface area contributed by atoms with Crippen molar-refractivity contribution in [3.8, 4) is 0 Å². The Kier molecular flexibility index (Phi) is 4.89. The molecular weight excluding hydrogens is 256 g/mol. The zero-order valence-corrected chi connectivity index (χ0v) is 14.2. The van der Waals surface area contributed by atoms with Crippen molar-refractivity contribution in [2.45, 2.75) is 53.1 Å². The summed E-state index contributed by atoms with van der Waals surface area (Å²) in [5.41, 5.74) is 6.81. The average molecular weight is 284 g/mol. The number of nitrogens with zero attached hydrogens (tertiary/aromatic N) is 1. The van der Waals surface area contributed by atoms with Crippen molar-refractivity contribution in [2.75, 3.05) is 0 Å². The van der Waals surface area contributed by atoms with Crippen LogP contribution in [-0.4, -0.2) is 4.57 Å². The summed E-state index contributed by atoms with van der Waals surface area (Å²) in [6.07, 6.45) is 0. The standard InChI is InChI=1S/C19H28N2/c1-13(2)17-7-9-18(10-8-17)15(4)20-12-19-11-14(3)21(6)16(19)5/h7-11,13,15,20H,12H2,1-6H3. The minimum atomic E-state index is 0.367. The van der Waals surface area contributed by atoms with Gasteiger partial charge in [-0.3, -0.25) is 0 Å². The lowest BCUT2D eigenvalue weighted by Gasteiger charge is -2.15. The maximum atomic E-state index is 3.63. The molecule has 0 amide bonds. The van der Waals surface area contributed by atoms with Crippen LogP contribution in [0.5, 0.6) is 0 Å². The first-order chi connectivity index (χ1) is 9.90. The Morgan fingerprint density at radius 3 is 2.05 bits per heavy atom. The summed E-state index contributed by atoms with van der Waals surface area (Å²) in [7, 11) is 2.13. The molecule has 0 bridgehead atoms. The summed E-state index contributed by atoms with van der Waals surface area (Å²) < 4.78 is 2.25. The Labute approximate surface area is 129 Å². The SMILES string of the molecule is Cc1cc(CNC(C)c2ccc(C(C)C)cc2)c(C)n1C. The molecule has 21 heavy (non-hydrogen) atoms. The highest BCUT2D eigenvalue weighted by Crippen LogP contribution is 2.20. The lowest BCUT2D eigenvalue weighted by atomic mass is 9.99. The van der Waals surface area contributed by atoms with Crippen molar-refractivity contribution >= 4 is 0 Å². The topological polar surface area (TPSA) is 17.0 Å². The molecule has 1 unspecified atom stereocenters. The minimum Gasteiger partial charge on any atom is -0.352 e. The van der Waals surface area contributed by atoms with E-state index >= 15 is 0 Å². The van der Waals surface area contributed by atoms with E-state index < -0.39 is 0 Å². The van der Waals surface area contributed by atoms with Crippen molar-refractivity contribution in [1.29, 1.82) is 0 Å². The third kappa shape index (κ3) is 3.56. The summed E-state index contributed by atoms with van der Waals surface area (Å²) in [6, 6.07) is 11.6. The van der Waals surface area contributed by atoms with E-state index in [0.29, 0.717) is 12.0 Å². The lowest BCUT2D eigenvalue weighted by molar-refractivity contribution is 0.572. The molecular formula is C19H28N2. The predicted molar refractivity (Wildman–Crippen MR) is 90.7 cm³/mol. The molecule has 1 atom stereocenters. The molecule has 0 saturated carbocycles. The second-order valence-electron chi connectivity index (χ2n) is 6.38. The number of rotatable bonds is 5. The van der Waals surface area contributed by atoms with Crippen LogP contribution in [0.4, 0.5) is 0 Å². The molecule has 0 fully saturated rings. The maximum absolute atomic E-state index is 3.63. The highest BCUT2D eigenvalue weighted by Gasteiger charge is 2.09. The number of hydrogen-bond acceptors (Lipinski definition) is 1. The number of hydrogen-bond donors (Lipinski definition) is 1. The molecule has 2 heteroatoms. The number of aryl methyl sites for hydroxylation is 1. The van der Waals surface area contributed by atoms with Gasteiger partial charge >= 0.3 is 0 Å². The molecule has 2 nitrogen and oxygen atoms in total. The molecule has 1 N–H and O–H groups in total. The second-order valence-corrected chi connectivity index (χ2v) is 6.38. The van der Waals surface area contributed by atoms with E-state index in [1.165, 1.54) is 28.1 Å². The van der Waals surface area contributed by atoms with Crippen LogP contribution in [0.3, 0.4) is 0 Å². The van der Waals surface area contributed by atoms with Crippen molar-refractivity contribution < 1.29 is 0 Å². The van der Waals surface area contributed by atoms with E-state index in [1.54, 1.807) is 0 Å². The van der Waals surface area contributed by atoms with Crippen LogP contribution in [0.25, 0.3) is 0 Å². The molecule has 0 aliphatic carbocycles. The molecule has 0 aliphatic heterocycles. The zero-order valence-electron chi connectivity index (χ0n) is 14.2. The van der Waals surface area contributed by atoms with Crippen LogP contribution in [-0.2, 0) is 13.6 Å². The predicted octanol–water partition coefficient (Wildman–Crippen LogP) is 4.62. The fourth-order valence-electron chi connectivity index (χ4n) is 2.66. The van der Waals surface area contributed by atoms with E-state index in [4.69, 9.17) is 0 Å². The third-order valence-electron chi connectivity index (χ3n) is 4.58. The molecule has 0 saturated heterocycles. The van der Waals surface area contributed by atoms with Gasteiger partial charge in [0.15, 0.2) is 0 Å². The average Bonchev–Trinajstić information content (AvgIpc) is 2.72. The summed E-state index contributed by atoms with van der Waals surface area (Å²) in [6.45, 7) is 12.0. The lowest BCUT2D eigenvalue weighted by Crippen LogP contribution is -2.18. The van der Waals surface area contributed by atoms with E-state index in [9.17, 15) is 0 Å². The summed E-state index contributed by atoms with van der Waals surface area (Å²) in [5.74, 6) is 0.595. The van der Waals surface area contributed by atoms with Gasteiger partial charge < -0.3 is 9.88 Å². The molecule has 1 aromatic heterocycles. The van der Waals surface area contributed by atoms with Crippen LogP contribution in [0.15, 0.2) is 30.3 Å². The molecule has 0 spiro atoms. The first-order valence-electron chi connectivity index (χ1n) is 7.85.